The molecule has 0 aromatic heterocycles. The number of hydrogen-bond donors (Lipinski definition) is 3. The van der Waals surface area contributed by atoms with E-state index in [4.69, 9.17) is 34.0 Å². The molecule has 0 fully saturated rings. The van der Waals surface area contributed by atoms with E-state index in [-0.39, 0.29) is 0 Å². The molecule has 0 aliphatic carbocycles. The van der Waals surface area contributed by atoms with Crippen LogP contribution in [-0.4, -0.2) is 61.8 Å². The normalized spacial score (nSPS) is 11.0. The molecule has 170 valence electrons. The minimum atomic E-state index is -1.82. The average Bonchev–Trinajstić information content (AvgIpc) is 2.77. The topological polar surface area (TPSA) is 114 Å². The summed E-state index contributed by atoms with van der Waals surface area (Å²) < 4.78 is 16.4. The second-order valence-corrected chi connectivity index (χ2v) is 7.21. The number of rotatable bonds is 10. The van der Waals surface area contributed by atoms with Crippen molar-refractivity contribution in [3.8, 4) is 17.2 Å². The lowest BCUT2D eigenvalue weighted by Gasteiger charge is -2.16. The summed E-state index contributed by atoms with van der Waals surface area (Å²) in [5.41, 5.74) is 1.30. The first-order chi connectivity index (χ1) is 14.8. The summed E-state index contributed by atoms with van der Waals surface area (Å²) in [6.07, 6.45) is 3.03. The van der Waals surface area contributed by atoms with Gasteiger partial charge in [-0.15, -0.1) is 11.8 Å². The number of carboxylic acids is 2. The number of hydrogen-bond acceptors (Lipinski definition) is 7. The van der Waals surface area contributed by atoms with Gasteiger partial charge in [-0.3, -0.25) is 0 Å². The summed E-state index contributed by atoms with van der Waals surface area (Å²) in [4.78, 5) is 19.4. The van der Waals surface area contributed by atoms with E-state index >= 15 is 0 Å². The number of thioether (sulfide) groups is 1. The van der Waals surface area contributed by atoms with Crippen LogP contribution in [0.4, 0.5) is 0 Å². The van der Waals surface area contributed by atoms with E-state index in [2.05, 4.69) is 30.6 Å². The molecular formula is C22H29NO7S. The Hall–Kier alpha value is -2.91. The minimum absolute atomic E-state index is 0.365. The van der Waals surface area contributed by atoms with Crippen LogP contribution in [0.3, 0.4) is 0 Å². The number of aliphatic carboxylic acids is 2. The fraction of sp³-hybridized carbons (Fsp3) is 0.364. The van der Waals surface area contributed by atoms with Crippen molar-refractivity contribution in [3.63, 3.8) is 0 Å². The lowest BCUT2D eigenvalue weighted by Crippen LogP contribution is -2.31. The van der Waals surface area contributed by atoms with Crippen molar-refractivity contribution in [2.45, 2.75) is 24.3 Å². The van der Waals surface area contributed by atoms with Gasteiger partial charge in [-0.25, -0.2) is 9.59 Å². The monoisotopic (exact) mass is 451 g/mol. The zero-order chi connectivity index (χ0) is 23.2. The number of benzene rings is 2. The van der Waals surface area contributed by atoms with Gasteiger partial charge in [-0.1, -0.05) is 18.2 Å². The third-order valence-electron chi connectivity index (χ3n) is 4.09. The van der Waals surface area contributed by atoms with Gasteiger partial charge in [0, 0.05) is 17.5 Å². The highest BCUT2D eigenvalue weighted by molar-refractivity contribution is 7.98. The number of carbonyl (C=O) groups is 2. The molecule has 2 rings (SSSR count). The highest BCUT2D eigenvalue weighted by Crippen LogP contribution is 2.28. The van der Waals surface area contributed by atoms with Crippen LogP contribution in [0.15, 0.2) is 47.4 Å². The molecule has 2 aromatic carbocycles. The number of nitrogens with one attached hydrogen (secondary N) is 1. The van der Waals surface area contributed by atoms with Crippen molar-refractivity contribution >= 4 is 23.7 Å². The van der Waals surface area contributed by atoms with Crippen molar-refractivity contribution < 1.29 is 34.0 Å². The molecule has 0 aliphatic rings. The first-order valence-corrected chi connectivity index (χ1v) is 10.7. The Morgan fingerprint density at radius 2 is 1.61 bits per heavy atom. The molecule has 2 aromatic rings. The predicted octanol–water partition coefficient (Wildman–Crippen LogP) is 3.18. The van der Waals surface area contributed by atoms with Crippen molar-refractivity contribution in [1.82, 2.24) is 5.32 Å². The van der Waals surface area contributed by atoms with Gasteiger partial charge in [0.15, 0.2) is 11.5 Å². The SMILES string of the molecule is COc1ccccc1OCCNC(C)Cc1ccc(OC)c(SC)c1.O=C(O)C(=O)O. The van der Waals surface area contributed by atoms with Gasteiger partial charge in [0.05, 0.1) is 14.2 Å². The van der Waals surface area contributed by atoms with Crippen LogP contribution in [-0.2, 0) is 16.0 Å². The van der Waals surface area contributed by atoms with Crippen LogP contribution < -0.4 is 19.5 Å². The van der Waals surface area contributed by atoms with Gasteiger partial charge in [-0.2, -0.15) is 0 Å². The Morgan fingerprint density at radius 3 is 2.16 bits per heavy atom. The van der Waals surface area contributed by atoms with Crippen molar-refractivity contribution in [2.75, 3.05) is 33.6 Å². The summed E-state index contributed by atoms with van der Waals surface area (Å²) >= 11 is 1.71. The molecule has 8 nitrogen and oxygen atoms in total. The van der Waals surface area contributed by atoms with E-state index in [9.17, 15) is 0 Å². The molecule has 0 spiro atoms. The molecule has 31 heavy (non-hydrogen) atoms. The molecule has 0 aliphatic heterocycles. The highest BCUT2D eigenvalue weighted by atomic mass is 32.2. The van der Waals surface area contributed by atoms with E-state index in [1.807, 2.05) is 30.3 Å². The Bertz CT molecular complexity index is 832. The minimum Gasteiger partial charge on any atom is -0.496 e. The number of ether oxygens (including phenoxy) is 3. The smallest absolute Gasteiger partial charge is 0.414 e. The molecule has 3 N–H and O–H groups in total. The second-order valence-electron chi connectivity index (χ2n) is 6.36. The molecule has 0 amide bonds. The first-order valence-electron chi connectivity index (χ1n) is 9.48. The zero-order valence-corrected chi connectivity index (χ0v) is 18.9. The van der Waals surface area contributed by atoms with Gasteiger partial charge < -0.3 is 29.7 Å². The predicted molar refractivity (Wildman–Crippen MR) is 120 cm³/mol. The molecule has 0 bridgehead atoms. The lowest BCUT2D eigenvalue weighted by atomic mass is 10.1. The maximum absolute atomic E-state index is 9.10. The maximum Gasteiger partial charge on any atom is 0.414 e. The third-order valence-corrected chi connectivity index (χ3v) is 4.85. The first kappa shape index (κ1) is 26.1. The highest BCUT2D eigenvalue weighted by Gasteiger charge is 2.08. The summed E-state index contributed by atoms with van der Waals surface area (Å²) in [5, 5.41) is 18.3. The lowest BCUT2D eigenvalue weighted by molar-refractivity contribution is -0.159. The van der Waals surface area contributed by atoms with Crippen molar-refractivity contribution in [3.05, 3.63) is 48.0 Å². The Kier molecular flexibility index (Phi) is 11.9. The molecule has 1 unspecified atom stereocenters. The number of carboxylic acid groups (broad SMARTS) is 2. The number of para-hydroxylation sites is 2. The van der Waals surface area contributed by atoms with Crippen LogP contribution in [0.5, 0.6) is 17.2 Å². The Balaban J connectivity index is 0.000000703. The Labute approximate surface area is 186 Å². The van der Waals surface area contributed by atoms with Crippen LogP contribution in [0.25, 0.3) is 0 Å². The van der Waals surface area contributed by atoms with Crippen LogP contribution in [0.2, 0.25) is 0 Å². The largest absolute Gasteiger partial charge is 0.496 e. The fourth-order valence-electron chi connectivity index (χ4n) is 2.64. The molecule has 0 heterocycles. The van der Waals surface area contributed by atoms with E-state index in [0.29, 0.717) is 12.6 Å². The zero-order valence-electron chi connectivity index (χ0n) is 18.1. The van der Waals surface area contributed by atoms with E-state index in [1.54, 1.807) is 26.0 Å². The van der Waals surface area contributed by atoms with Crippen molar-refractivity contribution in [1.29, 1.82) is 0 Å². The van der Waals surface area contributed by atoms with Crippen LogP contribution >= 0.6 is 11.8 Å². The summed E-state index contributed by atoms with van der Waals surface area (Å²) in [7, 11) is 3.36. The van der Waals surface area contributed by atoms with E-state index < -0.39 is 11.9 Å². The van der Waals surface area contributed by atoms with Crippen LogP contribution in [0, 0.1) is 0 Å². The van der Waals surface area contributed by atoms with Gasteiger partial charge >= 0.3 is 11.9 Å². The van der Waals surface area contributed by atoms with E-state index in [1.165, 1.54) is 10.5 Å². The summed E-state index contributed by atoms with van der Waals surface area (Å²) in [6, 6.07) is 14.4. The third kappa shape index (κ3) is 9.63. The summed E-state index contributed by atoms with van der Waals surface area (Å²) in [5.74, 6) is -1.18. The Morgan fingerprint density at radius 1 is 1.00 bits per heavy atom. The second kappa shape index (κ2) is 14.2. The van der Waals surface area contributed by atoms with Gasteiger partial charge in [0.2, 0.25) is 0 Å². The van der Waals surface area contributed by atoms with Crippen LogP contribution in [0.1, 0.15) is 12.5 Å². The molecule has 0 radical (unpaired) electrons. The average molecular weight is 452 g/mol. The van der Waals surface area contributed by atoms with E-state index in [0.717, 1.165) is 30.2 Å². The molecule has 0 saturated carbocycles. The standard InChI is InChI=1S/C20H27NO3S.C2H2O4/c1-15(13-16-9-10-19(23-3)20(14-16)25-4)21-11-12-24-18-8-6-5-7-17(18)22-2;3-1(4)2(5)6/h5-10,14-15,21H,11-13H2,1-4H3;(H,3,4)(H,5,6). The number of methoxy groups -OCH3 is 2. The molecule has 0 saturated heterocycles. The van der Waals surface area contributed by atoms with Crippen molar-refractivity contribution in [2.24, 2.45) is 0 Å². The van der Waals surface area contributed by atoms with Gasteiger partial charge in [0.25, 0.3) is 0 Å². The fourth-order valence-corrected chi connectivity index (χ4v) is 3.26. The molecule has 1 atom stereocenters. The van der Waals surface area contributed by atoms with Gasteiger partial charge in [-0.05, 0) is 49.4 Å². The quantitative estimate of drug-likeness (QED) is 0.285. The maximum atomic E-state index is 9.10. The summed E-state index contributed by atoms with van der Waals surface area (Å²) in [6.45, 7) is 3.57. The molecular weight excluding hydrogens is 422 g/mol. The molecule has 9 heteroatoms. The van der Waals surface area contributed by atoms with Gasteiger partial charge in [0.1, 0.15) is 12.4 Å².